The van der Waals surface area contributed by atoms with Gasteiger partial charge in [0.25, 0.3) is 0 Å². The molecule has 0 fully saturated rings. The molecule has 0 bridgehead atoms. The molecule has 6 aromatic rings. The summed E-state index contributed by atoms with van der Waals surface area (Å²) in [6, 6.07) is 59.4. The van der Waals surface area contributed by atoms with Crippen molar-refractivity contribution in [1.29, 1.82) is 0 Å². The zero-order valence-corrected chi connectivity index (χ0v) is 29.2. The number of fused-ring (bicyclic) bond motifs is 3. The standard InChI is InChI=1S/C49H44N2/c1-35(47(33-36-15-5-2-6-16-36)51-34-37-17-7-3-8-18-37)48(50)40-27-31-42(32-28-40)49(41-29-25-39(26-30-41)38-19-9-4-10-20-38)45-23-13-11-21-43(45)44-22-12-14-24-46(44)49/h2-27,29-31,47,51H,28,32-34,50H2,1H3/b48-35+/t47-/m0/s1. The van der Waals surface area contributed by atoms with Crippen LogP contribution >= 0.6 is 0 Å². The summed E-state index contributed by atoms with van der Waals surface area (Å²) < 4.78 is 0. The minimum absolute atomic E-state index is 0.113. The van der Waals surface area contributed by atoms with Crippen molar-refractivity contribution in [3.63, 3.8) is 0 Å². The summed E-state index contributed by atoms with van der Waals surface area (Å²) in [6.45, 7) is 3.00. The van der Waals surface area contributed by atoms with E-state index in [4.69, 9.17) is 5.73 Å². The van der Waals surface area contributed by atoms with Crippen molar-refractivity contribution in [3.8, 4) is 22.3 Å². The first-order valence-electron chi connectivity index (χ1n) is 18.2. The maximum atomic E-state index is 7.13. The average molecular weight is 661 g/mol. The van der Waals surface area contributed by atoms with Gasteiger partial charge in [-0.25, -0.2) is 0 Å². The Balaban J connectivity index is 1.19. The van der Waals surface area contributed by atoms with Crippen LogP contribution in [-0.2, 0) is 18.4 Å². The molecule has 2 aliphatic rings. The molecule has 0 spiro atoms. The van der Waals surface area contributed by atoms with Gasteiger partial charge < -0.3 is 11.1 Å². The van der Waals surface area contributed by atoms with Gasteiger partial charge in [0.2, 0.25) is 0 Å². The van der Waals surface area contributed by atoms with Crippen LogP contribution < -0.4 is 11.1 Å². The number of rotatable bonds is 10. The average Bonchev–Trinajstić information content (AvgIpc) is 3.51. The van der Waals surface area contributed by atoms with Gasteiger partial charge in [0.05, 0.1) is 5.41 Å². The number of hydrogen-bond acceptors (Lipinski definition) is 2. The molecule has 0 radical (unpaired) electrons. The molecule has 8 rings (SSSR count). The highest BCUT2D eigenvalue weighted by Crippen LogP contribution is 2.57. The van der Waals surface area contributed by atoms with Gasteiger partial charge in [-0.05, 0) is 87.4 Å². The lowest BCUT2D eigenvalue weighted by atomic mass is 9.65. The summed E-state index contributed by atoms with van der Waals surface area (Å²) >= 11 is 0. The van der Waals surface area contributed by atoms with Crippen LogP contribution in [0.3, 0.4) is 0 Å². The van der Waals surface area contributed by atoms with Gasteiger partial charge >= 0.3 is 0 Å². The van der Waals surface area contributed by atoms with Crippen LogP contribution in [0.5, 0.6) is 0 Å². The van der Waals surface area contributed by atoms with Crippen LogP contribution in [-0.4, -0.2) is 6.04 Å². The van der Waals surface area contributed by atoms with Gasteiger partial charge in [0, 0.05) is 18.3 Å². The molecule has 0 aliphatic heterocycles. The number of benzene rings is 6. The van der Waals surface area contributed by atoms with Crippen LogP contribution in [0.15, 0.2) is 198 Å². The highest BCUT2D eigenvalue weighted by atomic mass is 14.9. The summed E-state index contributed by atoms with van der Waals surface area (Å²) in [5.74, 6) is 0. The molecule has 0 amide bonds. The minimum Gasteiger partial charge on any atom is -0.399 e. The maximum absolute atomic E-state index is 7.13. The second kappa shape index (κ2) is 14.3. The SMILES string of the molecule is C/C(=C(\N)C1=CC=C(C2(c3ccc(-c4ccccc4)cc3)c3ccccc3-c3ccccc32)CC1)[C@H](Cc1ccccc1)NCc1ccccc1. The normalized spacial score (nSPS) is 15.5. The monoisotopic (exact) mass is 660 g/mol. The van der Waals surface area contributed by atoms with E-state index in [2.05, 4.69) is 188 Å². The Morgan fingerprint density at radius 2 is 1.12 bits per heavy atom. The summed E-state index contributed by atoms with van der Waals surface area (Å²) in [6.07, 6.45) is 7.37. The molecular formula is C49H44N2. The molecule has 2 nitrogen and oxygen atoms in total. The first-order valence-corrected chi connectivity index (χ1v) is 18.2. The van der Waals surface area contributed by atoms with Crippen molar-refractivity contribution in [3.05, 3.63) is 226 Å². The van der Waals surface area contributed by atoms with Crippen molar-refractivity contribution >= 4 is 0 Å². The van der Waals surface area contributed by atoms with Gasteiger partial charge in [-0.2, -0.15) is 0 Å². The molecule has 0 saturated heterocycles. The minimum atomic E-state index is -0.384. The lowest BCUT2D eigenvalue weighted by molar-refractivity contribution is 0.561. The fourth-order valence-electron chi connectivity index (χ4n) is 8.30. The molecule has 3 N–H and O–H groups in total. The topological polar surface area (TPSA) is 38.0 Å². The smallest absolute Gasteiger partial charge is 0.0676 e. The van der Waals surface area contributed by atoms with Crippen LogP contribution in [0.1, 0.15) is 47.6 Å². The zero-order chi connectivity index (χ0) is 34.6. The maximum Gasteiger partial charge on any atom is 0.0676 e. The Morgan fingerprint density at radius 1 is 0.588 bits per heavy atom. The van der Waals surface area contributed by atoms with E-state index in [1.165, 1.54) is 66.8 Å². The molecular weight excluding hydrogens is 617 g/mol. The van der Waals surface area contributed by atoms with Crippen molar-refractivity contribution < 1.29 is 0 Å². The Morgan fingerprint density at radius 3 is 1.71 bits per heavy atom. The number of hydrogen-bond donors (Lipinski definition) is 2. The van der Waals surface area contributed by atoms with Crippen LogP contribution in [0.2, 0.25) is 0 Å². The predicted molar refractivity (Wildman–Crippen MR) is 213 cm³/mol. The highest BCUT2D eigenvalue weighted by Gasteiger charge is 2.47. The number of nitrogens with two attached hydrogens (primary N) is 1. The Hall–Kier alpha value is -5.70. The quantitative estimate of drug-likeness (QED) is 0.153. The largest absolute Gasteiger partial charge is 0.399 e. The molecule has 1 atom stereocenters. The van der Waals surface area contributed by atoms with E-state index in [-0.39, 0.29) is 11.5 Å². The molecule has 2 heteroatoms. The molecule has 0 saturated carbocycles. The van der Waals surface area contributed by atoms with E-state index in [0.717, 1.165) is 31.5 Å². The number of allylic oxidation sites excluding steroid dienone is 4. The van der Waals surface area contributed by atoms with E-state index < -0.39 is 0 Å². The third-order valence-corrected chi connectivity index (χ3v) is 11.0. The lowest BCUT2D eigenvalue weighted by Gasteiger charge is -2.37. The fourth-order valence-corrected chi connectivity index (χ4v) is 8.30. The van der Waals surface area contributed by atoms with Crippen molar-refractivity contribution in [1.82, 2.24) is 5.32 Å². The van der Waals surface area contributed by atoms with Crippen LogP contribution in [0.25, 0.3) is 22.3 Å². The summed E-state index contributed by atoms with van der Waals surface area (Å²) in [5.41, 5.74) is 23.1. The summed E-state index contributed by atoms with van der Waals surface area (Å²) in [7, 11) is 0. The van der Waals surface area contributed by atoms with Crippen LogP contribution in [0.4, 0.5) is 0 Å². The second-order valence-corrected chi connectivity index (χ2v) is 13.9. The van der Waals surface area contributed by atoms with E-state index in [1.54, 1.807) is 0 Å². The van der Waals surface area contributed by atoms with Gasteiger partial charge in [-0.3, -0.25) is 0 Å². The van der Waals surface area contributed by atoms with Gasteiger partial charge in [0.15, 0.2) is 0 Å². The van der Waals surface area contributed by atoms with E-state index in [9.17, 15) is 0 Å². The van der Waals surface area contributed by atoms with E-state index in [0.29, 0.717) is 0 Å². The molecule has 0 aromatic heterocycles. The molecule has 2 aliphatic carbocycles. The van der Waals surface area contributed by atoms with Crippen LogP contribution in [0, 0.1) is 0 Å². The van der Waals surface area contributed by atoms with Gasteiger partial charge in [0.1, 0.15) is 0 Å². The molecule has 250 valence electrons. The van der Waals surface area contributed by atoms with Crippen molar-refractivity contribution in [2.24, 2.45) is 5.73 Å². The zero-order valence-electron chi connectivity index (χ0n) is 29.2. The van der Waals surface area contributed by atoms with Gasteiger partial charge in [-0.1, -0.05) is 182 Å². The van der Waals surface area contributed by atoms with Crippen molar-refractivity contribution in [2.45, 2.75) is 44.2 Å². The van der Waals surface area contributed by atoms with Crippen molar-refractivity contribution in [2.75, 3.05) is 0 Å². The molecule has 6 aromatic carbocycles. The molecule has 0 unspecified atom stereocenters. The predicted octanol–water partition coefficient (Wildman–Crippen LogP) is 10.9. The molecule has 0 heterocycles. The Kier molecular flexibility index (Phi) is 9.09. The first kappa shape index (κ1) is 32.5. The first-order chi connectivity index (χ1) is 25.1. The van der Waals surface area contributed by atoms with E-state index in [1.807, 2.05) is 0 Å². The Labute approximate surface area is 302 Å². The highest BCUT2D eigenvalue weighted by molar-refractivity contribution is 5.86. The lowest BCUT2D eigenvalue weighted by Crippen LogP contribution is -2.34. The second-order valence-electron chi connectivity index (χ2n) is 13.9. The Bertz CT molecular complexity index is 2180. The van der Waals surface area contributed by atoms with Gasteiger partial charge in [-0.15, -0.1) is 0 Å². The van der Waals surface area contributed by atoms with E-state index >= 15 is 0 Å². The summed E-state index contributed by atoms with van der Waals surface area (Å²) in [4.78, 5) is 0. The third kappa shape index (κ3) is 6.17. The summed E-state index contributed by atoms with van der Waals surface area (Å²) in [5, 5.41) is 3.84. The third-order valence-electron chi connectivity index (χ3n) is 11.0. The molecule has 51 heavy (non-hydrogen) atoms. The number of nitrogens with one attached hydrogen (secondary N) is 1. The fraction of sp³-hybridized carbons (Fsp3) is 0.143.